The molecule has 252 valence electrons. The summed E-state index contributed by atoms with van der Waals surface area (Å²) in [6.45, 7) is 0. The van der Waals surface area contributed by atoms with Crippen LogP contribution >= 0.6 is 0 Å². The Balaban J connectivity index is 1.28. The minimum atomic E-state index is -0.506. The highest BCUT2D eigenvalue weighted by atomic mass is 15.2. The van der Waals surface area contributed by atoms with Gasteiger partial charge in [-0.2, -0.15) is 5.10 Å². The number of nitrogens with zero attached hydrogens (tertiary/aromatic N) is 2. The first-order valence-corrected chi connectivity index (χ1v) is 18.6. The molecule has 1 aliphatic rings. The molecule has 1 aliphatic carbocycles. The molecule has 0 unspecified atom stereocenters. The topological polar surface area (TPSA) is 17.3 Å². The van der Waals surface area contributed by atoms with Crippen LogP contribution in [0.2, 0.25) is 0 Å². The highest BCUT2D eigenvalue weighted by Crippen LogP contribution is 2.57. The largest absolute Gasteiger partial charge is 0.231 e. The zero-order valence-corrected chi connectivity index (χ0v) is 29.5. The summed E-state index contributed by atoms with van der Waals surface area (Å²) < 4.78 is 2.20. The summed E-state index contributed by atoms with van der Waals surface area (Å²) in [6, 6.07) is 75.2. The monoisotopic (exact) mass is 686 g/mol. The molecule has 2 aromatic heterocycles. The van der Waals surface area contributed by atoms with Gasteiger partial charge in [0, 0.05) is 22.1 Å². The van der Waals surface area contributed by atoms with Gasteiger partial charge in [-0.25, -0.2) is 4.52 Å². The second-order valence-electron chi connectivity index (χ2n) is 14.3. The van der Waals surface area contributed by atoms with Crippen molar-refractivity contribution < 1.29 is 0 Å². The Morgan fingerprint density at radius 3 is 1.74 bits per heavy atom. The maximum Gasteiger partial charge on any atom is 0.101 e. The molecule has 0 saturated heterocycles. The molecule has 0 saturated carbocycles. The van der Waals surface area contributed by atoms with E-state index in [0.717, 1.165) is 39.2 Å². The predicted molar refractivity (Wildman–Crippen MR) is 224 cm³/mol. The van der Waals surface area contributed by atoms with Gasteiger partial charge in [0.15, 0.2) is 0 Å². The third-order valence-corrected chi connectivity index (χ3v) is 11.5. The Morgan fingerprint density at radius 2 is 0.981 bits per heavy atom. The first-order valence-electron chi connectivity index (χ1n) is 18.6. The van der Waals surface area contributed by atoms with Gasteiger partial charge in [-0.05, 0) is 73.3 Å². The van der Waals surface area contributed by atoms with Gasteiger partial charge in [0.05, 0.1) is 16.6 Å². The van der Waals surface area contributed by atoms with Gasteiger partial charge in [0.25, 0.3) is 0 Å². The maximum atomic E-state index is 5.59. The van der Waals surface area contributed by atoms with Crippen molar-refractivity contribution in [2.24, 2.45) is 0 Å². The highest BCUT2D eigenvalue weighted by Gasteiger charge is 2.46. The number of pyridine rings is 1. The molecule has 0 aliphatic heterocycles. The second kappa shape index (κ2) is 12.0. The molecule has 11 rings (SSSR count). The van der Waals surface area contributed by atoms with E-state index in [0.29, 0.717) is 0 Å². The Kier molecular flexibility index (Phi) is 6.80. The molecule has 0 amide bonds. The van der Waals surface area contributed by atoms with Gasteiger partial charge in [-0.3, -0.25) is 0 Å². The standard InChI is InChI=1S/C52H34N2/c1-4-17-36(18-5-1)48-34-38-20-12-13-25-43(38)51-49(50(53-54(48)51)40-29-28-35-16-10-11-19-37(35)32-40)39-30-31-45-44-26-14-15-27-46(44)52(47(45)33-39,41-21-6-2-7-22-41)42-23-8-3-9-24-42/h1-34H. The minimum Gasteiger partial charge on any atom is -0.231 e. The van der Waals surface area contributed by atoms with Gasteiger partial charge in [-0.1, -0.05) is 188 Å². The molecule has 0 atom stereocenters. The number of benzene rings is 8. The number of hydrogen-bond donors (Lipinski definition) is 0. The minimum absolute atomic E-state index is 0.506. The van der Waals surface area contributed by atoms with Crippen LogP contribution in [0.25, 0.3) is 71.8 Å². The number of hydrogen-bond acceptors (Lipinski definition) is 1. The lowest BCUT2D eigenvalue weighted by Gasteiger charge is -2.34. The molecular weight excluding hydrogens is 653 g/mol. The van der Waals surface area contributed by atoms with E-state index in [1.165, 1.54) is 54.9 Å². The van der Waals surface area contributed by atoms with E-state index < -0.39 is 5.41 Å². The first-order chi connectivity index (χ1) is 26.8. The van der Waals surface area contributed by atoms with E-state index in [4.69, 9.17) is 5.10 Å². The molecule has 2 heteroatoms. The summed E-state index contributed by atoms with van der Waals surface area (Å²) in [6.07, 6.45) is 0. The Hall–Kier alpha value is -7.03. The molecule has 0 bridgehead atoms. The number of rotatable bonds is 5. The molecule has 10 aromatic rings. The van der Waals surface area contributed by atoms with E-state index in [1.54, 1.807) is 0 Å². The van der Waals surface area contributed by atoms with Gasteiger partial charge >= 0.3 is 0 Å². The van der Waals surface area contributed by atoms with Crippen molar-refractivity contribution in [3.63, 3.8) is 0 Å². The second-order valence-corrected chi connectivity index (χ2v) is 14.3. The van der Waals surface area contributed by atoms with Crippen molar-refractivity contribution >= 4 is 27.1 Å². The van der Waals surface area contributed by atoms with Crippen LogP contribution in [-0.2, 0) is 5.41 Å². The molecule has 0 spiro atoms. The van der Waals surface area contributed by atoms with Crippen LogP contribution in [0.1, 0.15) is 22.3 Å². The summed E-state index contributed by atoms with van der Waals surface area (Å²) in [5.41, 5.74) is 14.8. The summed E-state index contributed by atoms with van der Waals surface area (Å²) in [4.78, 5) is 0. The highest BCUT2D eigenvalue weighted by molar-refractivity contribution is 6.09. The van der Waals surface area contributed by atoms with Crippen molar-refractivity contribution in [1.29, 1.82) is 0 Å². The molecule has 0 fully saturated rings. The van der Waals surface area contributed by atoms with Crippen molar-refractivity contribution in [2.75, 3.05) is 0 Å². The third kappa shape index (κ3) is 4.44. The van der Waals surface area contributed by atoms with Gasteiger partial charge < -0.3 is 0 Å². The first kappa shape index (κ1) is 30.6. The maximum absolute atomic E-state index is 5.59. The lowest BCUT2D eigenvalue weighted by atomic mass is 9.67. The predicted octanol–water partition coefficient (Wildman–Crippen LogP) is 13.0. The van der Waals surface area contributed by atoms with E-state index in [9.17, 15) is 0 Å². The summed E-state index contributed by atoms with van der Waals surface area (Å²) in [5, 5.41) is 10.4. The van der Waals surface area contributed by atoms with Crippen molar-refractivity contribution in [1.82, 2.24) is 9.61 Å². The van der Waals surface area contributed by atoms with Crippen LogP contribution in [-0.4, -0.2) is 9.61 Å². The van der Waals surface area contributed by atoms with E-state index >= 15 is 0 Å². The lowest BCUT2D eigenvalue weighted by Crippen LogP contribution is -2.28. The average Bonchev–Trinajstić information content (AvgIpc) is 3.79. The third-order valence-electron chi connectivity index (χ3n) is 11.5. The Morgan fingerprint density at radius 1 is 0.389 bits per heavy atom. The van der Waals surface area contributed by atoms with Gasteiger partial charge in [0.2, 0.25) is 0 Å². The zero-order valence-electron chi connectivity index (χ0n) is 29.5. The van der Waals surface area contributed by atoms with Crippen molar-refractivity contribution in [2.45, 2.75) is 5.41 Å². The Bertz CT molecular complexity index is 2990. The quantitative estimate of drug-likeness (QED) is 0.176. The number of fused-ring (bicyclic) bond motifs is 7. The molecule has 2 heterocycles. The summed E-state index contributed by atoms with van der Waals surface area (Å²) in [5.74, 6) is 0. The smallest absolute Gasteiger partial charge is 0.101 e. The summed E-state index contributed by atoms with van der Waals surface area (Å²) in [7, 11) is 0. The molecule has 0 N–H and O–H groups in total. The fourth-order valence-corrected chi connectivity index (χ4v) is 9.11. The lowest BCUT2D eigenvalue weighted by molar-refractivity contribution is 0.769. The van der Waals surface area contributed by atoms with Crippen LogP contribution in [0.4, 0.5) is 0 Å². The van der Waals surface area contributed by atoms with E-state index in [-0.39, 0.29) is 0 Å². The SMILES string of the molecule is c1ccc(-c2cc3ccccc3c3c(-c4ccc5c(c4)C(c4ccccc4)(c4ccccc4)c4ccccc4-5)c(-c4ccc5ccccc5c4)nn23)cc1. The average molecular weight is 687 g/mol. The molecule has 54 heavy (non-hydrogen) atoms. The van der Waals surface area contributed by atoms with Crippen molar-refractivity contribution in [3.05, 3.63) is 229 Å². The van der Waals surface area contributed by atoms with Crippen LogP contribution in [0.3, 0.4) is 0 Å². The normalized spacial score (nSPS) is 13.0. The molecular formula is C52H34N2. The van der Waals surface area contributed by atoms with Crippen molar-refractivity contribution in [3.8, 4) is 44.8 Å². The van der Waals surface area contributed by atoms with Gasteiger partial charge in [0.1, 0.15) is 5.69 Å². The summed E-state index contributed by atoms with van der Waals surface area (Å²) >= 11 is 0. The van der Waals surface area contributed by atoms with Gasteiger partial charge in [-0.15, -0.1) is 0 Å². The van der Waals surface area contributed by atoms with Crippen LogP contribution < -0.4 is 0 Å². The van der Waals surface area contributed by atoms with Crippen LogP contribution in [0.15, 0.2) is 206 Å². The number of aromatic nitrogens is 2. The van der Waals surface area contributed by atoms with E-state index in [2.05, 4.69) is 211 Å². The fraction of sp³-hybridized carbons (Fsp3) is 0.0192. The van der Waals surface area contributed by atoms with Crippen LogP contribution in [0, 0.1) is 0 Å². The zero-order chi connectivity index (χ0) is 35.6. The fourth-order valence-electron chi connectivity index (χ4n) is 9.11. The molecule has 0 radical (unpaired) electrons. The van der Waals surface area contributed by atoms with E-state index in [1.807, 2.05) is 0 Å². The molecule has 8 aromatic carbocycles. The molecule has 2 nitrogen and oxygen atoms in total. The Labute approximate surface area is 314 Å². The van der Waals surface area contributed by atoms with Crippen LogP contribution in [0.5, 0.6) is 0 Å².